The molecule has 0 bridgehead atoms. The summed E-state index contributed by atoms with van der Waals surface area (Å²) in [5, 5.41) is 8.15. The van der Waals surface area contributed by atoms with E-state index in [4.69, 9.17) is 21.1 Å². The molecule has 2 aliphatic rings. The molecule has 1 aromatic heterocycles. The predicted octanol–water partition coefficient (Wildman–Crippen LogP) is 4.16. The summed E-state index contributed by atoms with van der Waals surface area (Å²) < 4.78 is 11.7. The number of rotatable bonds is 6. The zero-order valence-corrected chi connectivity index (χ0v) is 17.4. The lowest BCUT2D eigenvalue weighted by atomic mass is 9.88. The fraction of sp³-hybridized carbons (Fsp3) is 0.545. The van der Waals surface area contributed by atoms with Crippen LogP contribution in [0.1, 0.15) is 49.6 Å². The lowest BCUT2D eigenvalue weighted by Gasteiger charge is -2.35. The number of benzene rings is 1. The number of carbonyl (C=O) groups excluding carboxylic acids is 1. The number of aromatic amines is 1. The van der Waals surface area contributed by atoms with Crippen LogP contribution in [0.3, 0.4) is 0 Å². The van der Waals surface area contributed by atoms with E-state index in [0.717, 1.165) is 30.0 Å². The topological polar surface area (TPSA) is 67.5 Å². The second kappa shape index (κ2) is 9.63. The minimum Gasteiger partial charge on any atom is -0.493 e. The number of ether oxygens (including phenoxy) is 2. The van der Waals surface area contributed by atoms with Gasteiger partial charge in [0.1, 0.15) is 11.9 Å². The lowest BCUT2D eigenvalue weighted by Crippen LogP contribution is -2.45. The molecule has 4 rings (SSSR count). The zero-order valence-electron chi connectivity index (χ0n) is 16.6. The van der Waals surface area contributed by atoms with Gasteiger partial charge in [0.25, 0.3) is 0 Å². The van der Waals surface area contributed by atoms with Crippen molar-refractivity contribution >= 4 is 17.5 Å². The van der Waals surface area contributed by atoms with Gasteiger partial charge in [-0.2, -0.15) is 5.10 Å². The van der Waals surface area contributed by atoms with E-state index in [1.165, 1.54) is 19.3 Å². The minimum atomic E-state index is -0.171. The average molecular weight is 418 g/mol. The summed E-state index contributed by atoms with van der Waals surface area (Å²) in [5.74, 6) is 1.24. The van der Waals surface area contributed by atoms with Crippen molar-refractivity contribution in [2.24, 2.45) is 5.92 Å². The molecule has 1 N–H and O–H groups in total. The van der Waals surface area contributed by atoms with Crippen molar-refractivity contribution in [3.8, 4) is 5.75 Å². The Hall–Kier alpha value is -2.05. The standard InChI is InChI=1S/C22H28ClN3O3/c23-17-7-4-8-19(13-17)28-11-9-18-14-20(25-24-18)21-15-26(10-12-29-21)22(27)16-5-2-1-3-6-16/h4,7-8,13-14,16,21H,1-3,5-6,9-12,15H2,(H,24,25). The van der Waals surface area contributed by atoms with Crippen molar-refractivity contribution in [3.05, 3.63) is 46.7 Å². The van der Waals surface area contributed by atoms with Gasteiger partial charge in [-0.1, -0.05) is 36.9 Å². The predicted molar refractivity (Wildman–Crippen MR) is 111 cm³/mol. The van der Waals surface area contributed by atoms with E-state index in [0.29, 0.717) is 43.7 Å². The Morgan fingerprint density at radius 1 is 1.28 bits per heavy atom. The summed E-state index contributed by atoms with van der Waals surface area (Å²) in [5.41, 5.74) is 1.84. The maximum atomic E-state index is 12.9. The van der Waals surface area contributed by atoms with Crippen LogP contribution >= 0.6 is 11.6 Å². The van der Waals surface area contributed by atoms with Gasteiger partial charge in [-0.25, -0.2) is 0 Å². The van der Waals surface area contributed by atoms with Crippen molar-refractivity contribution in [2.75, 3.05) is 26.3 Å². The first-order chi connectivity index (χ1) is 14.2. The molecule has 1 aromatic carbocycles. The molecule has 6 nitrogen and oxygen atoms in total. The van der Waals surface area contributed by atoms with Gasteiger partial charge in [-0.05, 0) is 37.1 Å². The average Bonchev–Trinajstić information content (AvgIpc) is 3.23. The van der Waals surface area contributed by atoms with Crippen LogP contribution in [0.15, 0.2) is 30.3 Å². The molecule has 0 spiro atoms. The summed E-state index contributed by atoms with van der Waals surface area (Å²) in [6, 6.07) is 9.39. The molecule has 156 valence electrons. The molecular weight excluding hydrogens is 390 g/mol. The first-order valence-corrected chi connectivity index (χ1v) is 10.9. The summed E-state index contributed by atoms with van der Waals surface area (Å²) in [6.45, 7) is 2.35. The Labute approximate surface area is 176 Å². The van der Waals surface area contributed by atoms with Crippen molar-refractivity contribution in [1.82, 2.24) is 15.1 Å². The molecular formula is C22H28ClN3O3. The van der Waals surface area contributed by atoms with Crippen molar-refractivity contribution in [3.63, 3.8) is 0 Å². The zero-order chi connectivity index (χ0) is 20.1. The van der Waals surface area contributed by atoms with E-state index < -0.39 is 0 Å². The monoisotopic (exact) mass is 417 g/mol. The molecule has 29 heavy (non-hydrogen) atoms. The third-order valence-corrected chi connectivity index (χ3v) is 5.98. The molecule has 0 radical (unpaired) electrons. The fourth-order valence-corrected chi connectivity index (χ4v) is 4.32. The fourth-order valence-electron chi connectivity index (χ4n) is 4.14. The number of nitrogens with one attached hydrogen (secondary N) is 1. The summed E-state index contributed by atoms with van der Waals surface area (Å²) in [4.78, 5) is 14.8. The summed E-state index contributed by atoms with van der Waals surface area (Å²) in [7, 11) is 0. The highest BCUT2D eigenvalue weighted by atomic mass is 35.5. The Balaban J connectivity index is 1.29. The number of aromatic nitrogens is 2. The number of amides is 1. The van der Waals surface area contributed by atoms with Crippen molar-refractivity contribution in [2.45, 2.75) is 44.6 Å². The van der Waals surface area contributed by atoms with Crippen LogP contribution in [0.4, 0.5) is 0 Å². The molecule has 2 fully saturated rings. The van der Waals surface area contributed by atoms with Gasteiger partial charge in [0.2, 0.25) is 5.91 Å². The second-order valence-corrected chi connectivity index (χ2v) is 8.29. The molecule has 1 unspecified atom stereocenters. The van der Waals surface area contributed by atoms with E-state index in [1.807, 2.05) is 29.2 Å². The molecule has 7 heteroatoms. The number of H-pyrrole nitrogens is 1. The number of hydrogen-bond donors (Lipinski definition) is 1. The molecule has 1 aliphatic heterocycles. The molecule has 1 atom stereocenters. The largest absolute Gasteiger partial charge is 0.493 e. The first-order valence-electron chi connectivity index (χ1n) is 10.5. The Kier molecular flexibility index (Phi) is 6.72. The maximum Gasteiger partial charge on any atom is 0.225 e. The smallest absolute Gasteiger partial charge is 0.225 e. The second-order valence-electron chi connectivity index (χ2n) is 7.85. The SMILES string of the molecule is O=C(C1CCCCC1)N1CCOC(c2cc(CCOc3cccc(Cl)c3)[nH]n2)C1. The van der Waals surface area contributed by atoms with E-state index in [1.54, 1.807) is 6.07 Å². The van der Waals surface area contributed by atoms with Gasteiger partial charge in [-0.3, -0.25) is 9.89 Å². The number of halogens is 1. The molecule has 2 heterocycles. The van der Waals surface area contributed by atoms with E-state index in [9.17, 15) is 4.79 Å². The van der Waals surface area contributed by atoms with Crippen LogP contribution < -0.4 is 4.74 Å². The first kappa shape index (κ1) is 20.2. The van der Waals surface area contributed by atoms with E-state index in [-0.39, 0.29) is 12.0 Å². The number of morpholine rings is 1. The number of nitrogens with zero attached hydrogens (tertiary/aromatic N) is 2. The van der Waals surface area contributed by atoms with Gasteiger partial charge in [0.05, 0.1) is 25.5 Å². The van der Waals surface area contributed by atoms with Gasteiger partial charge in [-0.15, -0.1) is 0 Å². The normalized spacial score (nSPS) is 20.6. The molecule has 2 aromatic rings. The Morgan fingerprint density at radius 3 is 2.97 bits per heavy atom. The van der Waals surface area contributed by atoms with Gasteiger partial charge >= 0.3 is 0 Å². The molecule has 1 aliphatic carbocycles. The maximum absolute atomic E-state index is 12.9. The number of carbonyl (C=O) groups is 1. The lowest BCUT2D eigenvalue weighted by molar-refractivity contribution is -0.144. The third-order valence-electron chi connectivity index (χ3n) is 5.75. The van der Waals surface area contributed by atoms with Crippen LogP contribution in [0, 0.1) is 5.92 Å². The Morgan fingerprint density at radius 2 is 2.14 bits per heavy atom. The Bertz CT molecular complexity index is 819. The van der Waals surface area contributed by atoms with Gasteiger partial charge in [0, 0.05) is 29.6 Å². The molecule has 1 saturated heterocycles. The molecule has 1 saturated carbocycles. The van der Waals surface area contributed by atoms with Crippen LogP contribution in [0.25, 0.3) is 0 Å². The highest BCUT2D eigenvalue weighted by Crippen LogP contribution is 2.28. The van der Waals surface area contributed by atoms with Crippen LogP contribution in [-0.4, -0.2) is 47.3 Å². The highest BCUT2D eigenvalue weighted by molar-refractivity contribution is 6.30. The third kappa shape index (κ3) is 5.31. The van der Waals surface area contributed by atoms with Crippen LogP contribution in [-0.2, 0) is 16.0 Å². The van der Waals surface area contributed by atoms with Gasteiger partial charge < -0.3 is 14.4 Å². The summed E-state index contributed by atoms with van der Waals surface area (Å²) >= 11 is 5.98. The summed E-state index contributed by atoms with van der Waals surface area (Å²) in [6.07, 6.45) is 6.19. The van der Waals surface area contributed by atoms with Crippen molar-refractivity contribution in [1.29, 1.82) is 0 Å². The number of hydrogen-bond acceptors (Lipinski definition) is 4. The van der Waals surface area contributed by atoms with Crippen LogP contribution in [0.5, 0.6) is 5.75 Å². The quantitative estimate of drug-likeness (QED) is 0.766. The minimum absolute atomic E-state index is 0.171. The highest BCUT2D eigenvalue weighted by Gasteiger charge is 2.31. The van der Waals surface area contributed by atoms with Crippen molar-refractivity contribution < 1.29 is 14.3 Å². The van der Waals surface area contributed by atoms with E-state index >= 15 is 0 Å². The molecule has 1 amide bonds. The van der Waals surface area contributed by atoms with Gasteiger partial charge in [0.15, 0.2) is 0 Å². The van der Waals surface area contributed by atoms with E-state index in [2.05, 4.69) is 10.2 Å². The van der Waals surface area contributed by atoms with Crippen LogP contribution in [0.2, 0.25) is 5.02 Å².